The van der Waals surface area contributed by atoms with E-state index < -0.39 is 10.0 Å². The first-order valence-corrected chi connectivity index (χ1v) is 12.5. The van der Waals surface area contributed by atoms with E-state index in [1.165, 1.54) is 17.3 Å². The van der Waals surface area contributed by atoms with Crippen molar-refractivity contribution in [2.75, 3.05) is 38.2 Å². The third-order valence-corrected chi connectivity index (χ3v) is 8.18. The van der Waals surface area contributed by atoms with Crippen molar-refractivity contribution in [2.45, 2.75) is 37.6 Å². The number of hydrogen-bond acceptors (Lipinski definition) is 5. The highest BCUT2D eigenvalue weighted by atomic mass is 32.2. The standard InChI is InChI=1S/C24H29N3O5S/c1-17-7-8-20(33(30,31)26-11-13-32-14-12-26)15-22(17)25-24(29)16-23-21-6-4-3-5-19(21)9-10-27(23)18(2)28/h3-8,15,23H,9-14,16H2,1-2H3,(H,25,29). The largest absolute Gasteiger partial charge is 0.379 e. The summed E-state index contributed by atoms with van der Waals surface area (Å²) in [6.07, 6.45) is 0.852. The highest BCUT2D eigenvalue weighted by molar-refractivity contribution is 7.89. The van der Waals surface area contributed by atoms with Gasteiger partial charge in [0.2, 0.25) is 21.8 Å². The maximum Gasteiger partial charge on any atom is 0.243 e. The second kappa shape index (κ2) is 9.62. The molecule has 0 aliphatic carbocycles. The summed E-state index contributed by atoms with van der Waals surface area (Å²) in [5.41, 5.74) is 3.33. The maximum atomic E-state index is 13.0. The van der Waals surface area contributed by atoms with Crippen molar-refractivity contribution >= 4 is 27.5 Å². The van der Waals surface area contributed by atoms with E-state index in [1.807, 2.05) is 31.2 Å². The summed E-state index contributed by atoms with van der Waals surface area (Å²) in [5.74, 6) is -0.343. The number of nitrogens with one attached hydrogen (secondary N) is 1. The van der Waals surface area contributed by atoms with Crippen LogP contribution in [0.2, 0.25) is 0 Å². The molecule has 2 aliphatic rings. The van der Waals surface area contributed by atoms with Gasteiger partial charge in [-0.15, -0.1) is 0 Å². The van der Waals surface area contributed by atoms with Crippen LogP contribution in [0.25, 0.3) is 0 Å². The number of sulfonamides is 1. The number of fused-ring (bicyclic) bond motifs is 1. The number of aryl methyl sites for hydroxylation is 1. The minimum absolute atomic E-state index is 0.0721. The van der Waals surface area contributed by atoms with Gasteiger partial charge >= 0.3 is 0 Å². The number of nitrogens with zero attached hydrogens (tertiary/aromatic N) is 2. The Morgan fingerprint density at radius 3 is 2.55 bits per heavy atom. The van der Waals surface area contributed by atoms with Gasteiger partial charge in [-0.25, -0.2) is 8.42 Å². The molecule has 0 bridgehead atoms. The van der Waals surface area contributed by atoms with E-state index in [2.05, 4.69) is 5.32 Å². The van der Waals surface area contributed by atoms with Crippen LogP contribution in [0, 0.1) is 6.92 Å². The lowest BCUT2D eigenvalue weighted by Crippen LogP contribution is -2.40. The SMILES string of the molecule is CC(=O)N1CCc2ccccc2C1CC(=O)Nc1cc(S(=O)(=O)N2CCOCC2)ccc1C. The molecule has 2 heterocycles. The lowest BCUT2D eigenvalue weighted by atomic mass is 9.90. The fourth-order valence-electron chi connectivity index (χ4n) is 4.46. The summed E-state index contributed by atoms with van der Waals surface area (Å²) in [7, 11) is -3.68. The number of benzene rings is 2. The minimum Gasteiger partial charge on any atom is -0.379 e. The highest BCUT2D eigenvalue weighted by Crippen LogP contribution is 2.33. The molecule has 2 amide bonds. The van der Waals surface area contributed by atoms with Crippen LogP contribution in [0.5, 0.6) is 0 Å². The van der Waals surface area contributed by atoms with Gasteiger partial charge in [-0.1, -0.05) is 30.3 Å². The molecule has 0 radical (unpaired) electrons. The lowest BCUT2D eigenvalue weighted by Gasteiger charge is -2.36. The fraction of sp³-hybridized carbons (Fsp3) is 0.417. The molecule has 1 saturated heterocycles. The van der Waals surface area contributed by atoms with Crippen LogP contribution in [0.4, 0.5) is 5.69 Å². The van der Waals surface area contributed by atoms with E-state index >= 15 is 0 Å². The number of amides is 2. The monoisotopic (exact) mass is 471 g/mol. The Balaban J connectivity index is 1.55. The molecule has 33 heavy (non-hydrogen) atoms. The highest BCUT2D eigenvalue weighted by Gasteiger charge is 2.31. The molecule has 2 aromatic carbocycles. The predicted octanol–water partition coefficient (Wildman–Crippen LogP) is 2.49. The molecule has 176 valence electrons. The number of rotatable bonds is 5. The molecule has 1 atom stereocenters. The Hall–Kier alpha value is -2.75. The van der Waals surface area contributed by atoms with Gasteiger partial charge in [-0.05, 0) is 42.2 Å². The van der Waals surface area contributed by atoms with Crippen molar-refractivity contribution in [3.05, 3.63) is 59.2 Å². The number of ether oxygens (including phenoxy) is 1. The van der Waals surface area contributed by atoms with E-state index in [9.17, 15) is 18.0 Å². The van der Waals surface area contributed by atoms with Crippen LogP contribution in [-0.4, -0.2) is 62.3 Å². The van der Waals surface area contributed by atoms with Crippen LogP contribution in [0.15, 0.2) is 47.4 Å². The molecule has 2 aromatic rings. The van der Waals surface area contributed by atoms with E-state index in [4.69, 9.17) is 4.74 Å². The Bertz CT molecular complexity index is 1160. The molecule has 1 N–H and O–H groups in total. The number of anilines is 1. The van der Waals surface area contributed by atoms with Gasteiger partial charge in [-0.3, -0.25) is 9.59 Å². The molecule has 1 fully saturated rings. The molecule has 4 rings (SSSR count). The summed E-state index contributed by atoms with van der Waals surface area (Å²) in [4.78, 5) is 27.1. The lowest BCUT2D eigenvalue weighted by molar-refractivity contribution is -0.132. The van der Waals surface area contributed by atoms with Crippen LogP contribution >= 0.6 is 0 Å². The Kier molecular flexibility index (Phi) is 6.83. The fourth-order valence-corrected chi connectivity index (χ4v) is 5.89. The zero-order valence-electron chi connectivity index (χ0n) is 18.9. The number of carbonyl (C=O) groups is 2. The minimum atomic E-state index is -3.68. The molecule has 8 nitrogen and oxygen atoms in total. The molecular formula is C24H29N3O5S. The molecular weight excluding hydrogens is 442 g/mol. The van der Waals surface area contributed by atoms with E-state index in [1.54, 1.807) is 17.0 Å². The van der Waals surface area contributed by atoms with Gasteiger partial charge in [0, 0.05) is 32.2 Å². The molecule has 0 saturated carbocycles. The smallest absolute Gasteiger partial charge is 0.243 e. The van der Waals surface area contributed by atoms with Crippen molar-refractivity contribution < 1.29 is 22.7 Å². The average molecular weight is 472 g/mol. The van der Waals surface area contributed by atoms with Gasteiger partial charge in [0.05, 0.1) is 30.6 Å². The third-order valence-electron chi connectivity index (χ3n) is 6.29. The summed E-state index contributed by atoms with van der Waals surface area (Å²) >= 11 is 0. The summed E-state index contributed by atoms with van der Waals surface area (Å²) in [5, 5.41) is 2.88. The predicted molar refractivity (Wildman–Crippen MR) is 124 cm³/mol. The van der Waals surface area contributed by atoms with E-state index in [-0.39, 0.29) is 29.2 Å². The molecule has 9 heteroatoms. The van der Waals surface area contributed by atoms with Crippen molar-refractivity contribution in [2.24, 2.45) is 0 Å². The van der Waals surface area contributed by atoms with E-state index in [0.29, 0.717) is 38.5 Å². The Morgan fingerprint density at radius 2 is 1.82 bits per heavy atom. The molecule has 2 aliphatic heterocycles. The van der Waals surface area contributed by atoms with Gasteiger partial charge in [0.15, 0.2) is 0 Å². The molecule has 0 spiro atoms. The van der Waals surface area contributed by atoms with Crippen molar-refractivity contribution in [3.8, 4) is 0 Å². The topological polar surface area (TPSA) is 96.0 Å². The first kappa shape index (κ1) is 23.4. The number of morpholine rings is 1. The molecule has 1 unspecified atom stereocenters. The van der Waals surface area contributed by atoms with Crippen LogP contribution < -0.4 is 5.32 Å². The van der Waals surface area contributed by atoms with Gasteiger partial charge in [0.1, 0.15) is 0 Å². The normalized spacial score (nSPS) is 19.1. The van der Waals surface area contributed by atoms with Crippen molar-refractivity contribution in [3.63, 3.8) is 0 Å². The second-order valence-corrected chi connectivity index (χ2v) is 10.4. The number of hydrogen-bond donors (Lipinski definition) is 1. The quantitative estimate of drug-likeness (QED) is 0.723. The Labute approximate surface area is 194 Å². The van der Waals surface area contributed by atoms with E-state index in [0.717, 1.165) is 23.1 Å². The van der Waals surface area contributed by atoms with Crippen molar-refractivity contribution in [1.82, 2.24) is 9.21 Å². The first-order valence-electron chi connectivity index (χ1n) is 11.1. The summed E-state index contributed by atoms with van der Waals surface area (Å²) < 4.78 is 32.7. The number of carbonyl (C=O) groups excluding carboxylic acids is 2. The summed E-state index contributed by atoms with van der Waals surface area (Å²) in [6, 6.07) is 12.3. The zero-order valence-corrected chi connectivity index (χ0v) is 19.7. The summed E-state index contributed by atoms with van der Waals surface area (Å²) in [6.45, 7) is 5.24. The van der Waals surface area contributed by atoms with Crippen LogP contribution in [0.3, 0.4) is 0 Å². The van der Waals surface area contributed by atoms with Crippen LogP contribution in [0.1, 0.15) is 36.1 Å². The first-order chi connectivity index (χ1) is 15.8. The second-order valence-electron chi connectivity index (χ2n) is 8.42. The molecule has 0 aromatic heterocycles. The zero-order chi connectivity index (χ0) is 23.6. The van der Waals surface area contributed by atoms with Gasteiger partial charge in [0.25, 0.3) is 0 Å². The average Bonchev–Trinajstić information content (AvgIpc) is 2.81. The van der Waals surface area contributed by atoms with Gasteiger partial charge in [-0.2, -0.15) is 4.31 Å². The maximum absolute atomic E-state index is 13.0. The van der Waals surface area contributed by atoms with Gasteiger partial charge < -0.3 is 15.0 Å². The Morgan fingerprint density at radius 1 is 1.09 bits per heavy atom. The third kappa shape index (κ3) is 4.95. The van der Waals surface area contributed by atoms with Crippen LogP contribution in [-0.2, 0) is 30.8 Å². The van der Waals surface area contributed by atoms with Crippen molar-refractivity contribution in [1.29, 1.82) is 0 Å².